The van der Waals surface area contributed by atoms with Crippen molar-refractivity contribution in [3.05, 3.63) is 65.2 Å². The van der Waals surface area contributed by atoms with Gasteiger partial charge in [-0.1, -0.05) is 37.3 Å². The Labute approximate surface area is 182 Å². The first-order chi connectivity index (χ1) is 14.8. The summed E-state index contributed by atoms with van der Waals surface area (Å²) in [4.78, 5) is 38.9. The van der Waals surface area contributed by atoms with Crippen molar-refractivity contribution >= 4 is 23.7 Å². The largest absolute Gasteiger partial charge is 0.462 e. The van der Waals surface area contributed by atoms with Gasteiger partial charge in [0, 0.05) is 24.6 Å². The van der Waals surface area contributed by atoms with Crippen LogP contribution in [-0.2, 0) is 20.9 Å². The van der Waals surface area contributed by atoms with Crippen molar-refractivity contribution in [3.63, 3.8) is 0 Å². The molecule has 0 aromatic heterocycles. The summed E-state index contributed by atoms with van der Waals surface area (Å²) in [5, 5.41) is 2.93. The predicted molar refractivity (Wildman–Crippen MR) is 117 cm³/mol. The van der Waals surface area contributed by atoms with E-state index in [-0.39, 0.29) is 31.1 Å². The lowest BCUT2D eigenvalue weighted by molar-refractivity contribution is -0.117. The molecule has 0 aliphatic carbocycles. The van der Waals surface area contributed by atoms with E-state index >= 15 is 0 Å². The molecular weight excluding hydrogens is 396 g/mol. The van der Waals surface area contributed by atoms with Crippen LogP contribution in [0.5, 0.6) is 0 Å². The number of hydrogen-bond acceptors (Lipinski definition) is 5. The van der Waals surface area contributed by atoms with Gasteiger partial charge in [-0.15, -0.1) is 0 Å². The summed E-state index contributed by atoms with van der Waals surface area (Å²) < 4.78 is 10.5. The minimum absolute atomic E-state index is 0.102. The molecule has 0 saturated heterocycles. The van der Waals surface area contributed by atoms with E-state index in [1.807, 2.05) is 44.2 Å². The van der Waals surface area contributed by atoms with Crippen LogP contribution in [0.4, 0.5) is 10.5 Å². The second-order valence-electron chi connectivity index (χ2n) is 7.67. The second kappa shape index (κ2) is 9.64. The highest BCUT2D eigenvalue weighted by molar-refractivity contribution is 5.96. The van der Waals surface area contributed by atoms with Crippen molar-refractivity contribution in [2.45, 2.75) is 46.4 Å². The number of carbonyl (C=O) groups is 3. The Morgan fingerprint density at radius 3 is 2.39 bits per heavy atom. The molecule has 7 nitrogen and oxygen atoms in total. The van der Waals surface area contributed by atoms with Gasteiger partial charge in [-0.05, 0) is 43.2 Å². The number of rotatable bonds is 5. The minimum atomic E-state index is -0.559. The Morgan fingerprint density at radius 1 is 1.03 bits per heavy atom. The molecular formula is C24H28N2O5. The number of amides is 2. The van der Waals surface area contributed by atoms with Gasteiger partial charge in [0.25, 0.3) is 0 Å². The molecule has 7 heteroatoms. The highest BCUT2D eigenvalue weighted by atomic mass is 16.5. The topological polar surface area (TPSA) is 84.9 Å². The SMILES string of the molecule is CCOC(=O)c1ccc2c(c1)[C@H](NC(=O)OCc1ccccc1)[C@@H](C)[C@H](C)N2C(C)=O. The molecule has 1 heterocycles. The van der Waals surface area contributed by atoms with Gasteiger partial charge in [0.15, 0.2) is 0 Å². The maximum absolute atomic E-state index is 12.6. The average molecular weight is 424 g/mol. The molecule has 3 atom stereocenters. The second-order valence-corrected chi connectivity index (χ2v) is 7.67. The van der Waals surface area contributed by atoms with Crippen molar-refractivity contribution in [2.24, 2.45) is 5.92 Å². The van der Waals surface area contributed by atoms with E-state index in [9.17, 15) is 14.4 Å². The van der Waals surface area contributed by atoms with Crippen molar-refractivity contribution in [1.82, 2.24) is 5.32 Å². The number of nitrogens with zero attached hydrogens (tertiary/aromatic N) is 1. The highest BCUT2D eigenvalue weighted by Gasteiger charge is 2.39. The van der Waals surface area contributed by atoms with Crippen molar-refractivity contribution < 1.29 is 23.9 Å². The fourth-order valence-electron chi connectivity index (χ4n) is 3.94. The lowest BCUT2D eigenvalue weighted by Crippen LogP contribution is -2.50. The molecule has 0 radical (unpaired) electrons. The number of ether oxygens (including phenoxy) is 2. The predicted octanol–water partition coefficient (Wildman–Crippen LogP) is 4.22. The van der Waals surface area contributed by atoms with E-state index in [4.69, 9.17) is 9.47 Å². The maximum Gasteiger partial charge on any atom is 0.407 e. The van der Waals surface area contributed by atoms with Crippen LogP contribution in [0.2, 0.25) is 0 Å². The summed E-state index contributed by atoms with van der Waals surface area (Å²) in [5.41, 5.74) is 2.60. The van der Waals surface area contributed by atoms with Crippen molar-refractivity contribution in [1.29, 1.82) is 0 Å². The van der Waals surface area contributed by atoms with Gasteiger partial charge in [0.2, 0.25) is 5.91 Å². The van der Waals surface area contributed by atoms with E-state index in [0.717, 1.165) is 5.56 Å². The molecule has 2 aromatic rings. The van der Waals surface area contributed by atoms with Gasteiger partial charge in [-0.25, -0.2) is 9.59 Å². The van der Waals surface area contributed by atoms with Crippen LogP contribution >= 0.6 is 0 Å². The summed E-state index contributed by atoms with van der Waals surface area (Å²) >= 11 is 0. The Bertz CT molecular complexity index is 960. The van der Waals surface area contributed by atoms with E-state index < -0.39 is 18.1 Å². The Kier molecular flexibility index (Phi) is 6.95. The number of carbonyl (C=O) groups excluding carboxylic acids is 3. The van der Waals surface area contributed by atoms with Crippen LogP contribution in [0, 0.1) is 5.92 Å². The van der Waals surface area contributed by atoms with Gasteiger partial charge in [-0.2, -0.15) is 0 Å². The molecule has 0 unspecified atom stereocenters. The third kappa shape index (κ3) is 4.87. The fraction of sp³-hybridized carbons (Fsp3) is 0.375. The first-order valence-corrected chi connectivity index (χ1v) is 10.4. The standard InChI is InChI=1S/C24H28N2O5/c1-5-30-23(28)19-11-12-21-20(13-19)22(15(2)16(3)26(21)17(4)27)25-24(29)31-14-18-9-7-6-8-10-18/h6-13,15-16,22H,5,14H2,1-4H3,(H,25,29)/t15-,16-,22+/m0/s1. The Hall–Kier alpha value is -3.35. The summed E-state index contributed by atoms with van der Waals surface area (Å²) in [6, 6.07) is 13.9. The molecule has 2 amide bonds. The monoisotopic (exact) mass is 424 g/mol. The molecule has 3 rings (SSSR count). The number of nitrogens with one attached hydrogen (secondary N) is 1. The average Bonchev–Trinajstić information content (AvgIpc) is 2.76. The van der Waals surface area contributed by atoms with Gasteiger partial charge in [0.1, 0.15) is 6.61 Å². The molecule has 0 saturated carbocycles. The first-order valence-electron chi connectivity index (χ1n) is 10.4. The number of esters is 1. The van der Waals surface area contributed by atoms with Gasteiger partial charge in [0.05, 0.1) is 18.2 Å². The number of anilines is 1. The van der Waals surface area contributed by atoms with Crippen LogP contribution in [0.25, 0.3) is 0 Å². The molecule has 164 valence electrons. The van der Waals surface area contributed by atoms with Crippen LogP contribution in [-0.4, -0.2) is 30.6 Å². The maximum atomic E-state index is 12.6. The van der Waals surface area contributed by atoms with Gasteiger partial charge < -0.3 is 19.7 Å². The van der Waals surface area contributed by atoms with Crippen LogP contribution < -0.4 is 10.2 Å². The van der Waals surface area contributed by atoms with Crippen LogP contribution in [0.15, 0.2) is 48.5 Å². The Balaban J connectivity index is 1.89. The summed E-state index contributed by atoms with van der Waals surface area (Å²) in [7, 11) is 0. The molecule has 1 aliphatic rings. The highest BCUT2D eigenvalue weighted by Crippen LogP contribution is 2.41. The van der Waals surface area contributed by atoms with Gasteiger partial charge in [-0.3, -0.25) is 4.79 Å². The lowest BCUT2D eigenvalue weighted by Gasteiger charge is -2.43. The third-order valence-electron chi connectivity index (χ3n) is 5.65. The smallest absolute Gasteiger partial charge is 0.407 e. The van der Waals surface area contributed by atoms with E-state index in [2.05, 4.69) is 5.32 Å². The first kappa shape index (κ1) is 22.3. The zero-order valence-electron chi connectivity index (χ0n) is 18.3. The van der Waals surface area contributed by atoms with Crippen LogP contribution in [0.3, 0.4) is 0 Å². The molecule has 1 aliphatic heterocycles. The number of benzene rings is 2. The Morgan fingerprint density at radius 2 is 1.74 bits per heavy atom. The summed E-state index contributed by atoms with van der Waals surface area (Å²) in [6.07, 6.45) is -0.559. The molecule has 1 N–H and O–H groups in total. The van der Waals surface area contributed by atoms with Crippen LogP contribution in [0.1, 0.15) is 55.2 Å². The normalized spacial score (nSPS) is 19.9. The molecule has 2 aromatic carbocycles. The minimum Gasteiger partial charge on any atom is -0.462 e. The number of hydrogen-bond donors (Lipinski definition) is 1. The van der Waals surface area contributed by atoms with E-state index in [1.54, 1.807) is 30.0 Å². The lowest BCUT2D eigenvalue weighted by atomic mass is 9.82. The quantitative estimate of drug-likeness (QED) is 0.727. The third-order valence-corrected chi connectivity index (χ3v) is 5.65. The van der Waals surface area contributed by atoms with E-state index in [0.29, 0.717) is 16.8 Å². The molecule has 0 bridgehead atoms. The summed E-state index contributed by atoms with van der Waals surface area (Å²) in [5.74, 6) is -0.663. The molecule has 0 spiro atoms. The fourth-order valence-corrected chi connectivity index (χ4v) is 3.94. The van der Waals surface area contributed by atoms with E-state index in [1.165, 1.54) is 6.92 Å². The molecule has 31 heavy (non-hydrogen) atoms. The number of fused-ring (bicyclic) bond motifs is 1. The van der Waals surface area contributed by atoms with Gasteiger partial charge >= 0.3 is 12.1 Å². The summed E-state index contributed by atoms with van der Waals surface area (Å²) in [6.45, 7) is 7.56. The zero-order valence-corrected chi connectivity index (χ0v) is 18.3. The number of alkyl carbamates (subject to hydrolysis) is 1. The zero-order chi connectivity index (χ0) is 22.5. The van der Waals surface area contributed by atoms with Crippen molar-refractivity contribution in [3.8, 4) is 0 Å². The molecule has 0 fully saturated rings. The van der Waals surface area contributed by atoms with Crippen molar-refractivity contribution in [2.75, 3.05) is 11.5 Å².